The molecule has 1 heterocycles. The molecule has 1 aromatic carbocycles. The molecule has 0 aliphatic heterocycles. The fourth-order valence-electron chi connectivity index (χ4n) is 2.14. The highest BCUT2D eigenvalue weighted by atomic mass is 35.5. The molecule has 1 saturated carbocycles. The summed E-state index contributed by atoms with van der Waals surface area (Å²) in [5.74, 6) is 0.705. The van der Waals surface area contributed by atoms with E-state index < -0.39 is 0 Å². The Morgan fingerprint density at radius 2 is 2.19 bits per heavy atom. The maximum absolute atomic E-state index is 6.29. The summed E-state index contributed by atoms with van der Waals surface area (Å²) in [5, 5.41) is 4.13. The van der Waals surface area contributed by atoms with Crippen LogP contribution in [0.15, 0.2) is 36.5 Å². The summed E-state index contributed by atoms with van der Waals surface area (Å²) in [7, 11) is 0. The van der Waals surface area contributed by atoms with Crippen LogP contribution in [0.4, 0.5) is 0 Å². The number of aryl methyl sites for hydroxylation is 1. The second-order valence-electron chi connectivity index (χ2n) is 5.48. The van der Waals surface area contributed by atoms with Gasteiger partial charge in [-0.05, 0) is 49.1 Å². The van der Waals surface area contributed by atoms with E-state index in [2.05, 4.69) is 16.4 Å². The molecule has 1 fully saturated rings. The number of hydrogen-bond donors (Lipinski definition) is 1. The lowest BCUT2D eigenvalue weighted by Crippen LogP contribution is -2.15. The highest BCUT2D eigenvalue weighted by Gasteiger charge is 2.20. The lowest BCUT2D eigenvalue weighted by Gasteiger charge is -2.11. The van der Waals surface area contributed by atoms with Gasteiger partial charge >= 0.3 is 0 Å². The van der Waals surface area contributed by atoms with Crippen molar-refractivity contribution in [2.24, 2.45) is 0 Å². The molecule has 0 amide bonds. The average Bonchev–Trinajstić information content (AvgIpc) is 3.30. The summed E-state index contributed by atoms with van der Waals surface area (Å²) < 4.78 is 5.78. The van der Waals surface area contributed by atoms with Crippen LogP contribution in [0.5, 0.6) is 5.75 Å². The second kappa shape index (κ2) is 6.46. The van der Waals surface area contributed by atoms with Crippen molar-refractivity contribution in [1.29, 1.82) is 0 Å². The number of pyridine rings is 1. The van der Waals surface area contributed by atoms with E-state index in [-0.39, 0.29) is 0 Å². The Morgan fingerprint density at radius 1 is 1.33 bits per heavy atom. The van der Waals surface area contributed by atoms with Gasteiger partial charge in [0, 0.05) is 18.8 Å². The first-order valence-electron chi connectivity index (χ1n) is 7.27. The molecule has 3 nitrogen and oxygen atoms in total. The molecule has 4 heteroatoms. The van der Waals surface area contributed by atoms with Gasteiger partial charge in [0.15, 0.2) is 0 Å². The molecule has 0 saturated heterocycles. The number of hydrogen-bond acceptors (Lipinski definition) is 3. The zero-order valence-corrected chi connectivity index (χ0v) is 12.9. The van der Waals surface area contributed by atoms with E-state index in [1.54, 1.807) is 6.20 Å². The number of nitrogens with one attached hydrogen (secondary N) is 1. The van der Waals surface area contributed by atoms with Crippen molar-refractivity contribution >= 4 is 11.6 Å². The predicted molar refractivity (Wildman–Crippen MR) is 84.6 cm³/mol. The van der Waals surface area contributed by atoms with Crippen LogP contribution in [0, 0.1) is 6.92 Å². The van der Waals surface area contributed by atoms with Crippen molar-refractivity contribution < 1.29 is 4.74 Å². The van der Waals surface area contributed by atoms with E-state index in [0.717, 1.165) is 17.8 Å². The van der Waals surface area contributed by atoms with E-state index in [1.807, 2.05) is 31.2 Å². The SMILES string of the molecule is Cc1cccnc1COc1ccc(CNC2CC2)cc1Cl. The molecule has 1 aromatic heterocycles. The van der Waals surface area contributed by atoms with Crippen LogP contribution in [-0.2, 0) is 13.2 Å². The summed E-state index contributed by atoms with van der Waals surface area (Å²) in [5.41, 5.74) is 3.25. The molecule has 0 spiro atoms. The fourth-order valence-corrected chi connectivity index (χ4v) is 2.39. The van der Waals surface area contributed by atoms with Gasteiger partial charge in [-0.1, -0.05) is 23.7 Å². The zero-order valence-electron chi connectivity index (χ0n) is 12.1. The molecule has 0 bridgehead atoms. The van der Waals surface area contributed by atoms with Gasteiger partial charge in [-0.25, -0.2) is 0 Å². The summed E-state index contributed by atoms with van der Waals surface area (Å²) >= 11 is 6.29. The molecule has 0 radical (unpaired) electrons. The predicted octanol–water partition coefficient (Wildman–Crippen LogP) is 3.87. The van der Waals surface area contributed by atoms with Gasteiger partial charge in [-0.15, -0.1) is 0 Å². The topological polar surface area (TPSA) is 34.1 Å². The van der Waals surface area contributed by atoms with Gasteiger partial charge in [-0.2, -0.15) is 0 Å². The van der Waals surface area contributed by atoms with Crippen LogP contribution >= 0.6 is 11.6 Å². The Bertz CT molecular complexity index is 626. The second-order valence-corrected chi connectivity index (χ2v) is 5.88. The monoisotopic (exact) mass is 302 g/mol. The Labute approximate surface area is 130 Å². The summed E-state index contributed by atoms with van der Waals surface area (Å²) in [6, 6.07) is 10.6. The van der Waals surface area contributed by atoms with Crippen molar-refractivity contribution in [2.45, 2.75) is 39.0 Å². The third kappa shape index (κ3) is 3.96. The molecule has 1 aliphatic rings. The minimum absolute atomic E-state index is 0.437. The number of benzene rings is 1. The first-order chi connectivity index (χ1) is 10.2. The van der Waals surface area contributed by atoms with Crippen LogP contribution in [0.1, 0.15) is 29.7 Å². The largest absolute Gasteiger partial charge is 0.486 e. The minimum atomic E-state index is 0.437. The van der Waals surface area contributed by atoms with Crippen LogP contribution in [0.2, 0.25) is 5.02 Å². The number of halogens is 1. The van der Waals surface area contributed by atoms with Gasteiger partial charge in [0.1, 0.15) is 12.4 Å². The minimum Gasteiger partial charge on any atom is -0.486 e. The van der Waals surface area contributed by atoms with Crippen molar-refractivity contribution in [2.75, 3.05) is 0 Å². The van der Waals surface area contributed by atoms with Crippen molar-refractivity contribution in [3.05, 3.63) is 58.4 Å². The molecule has 1 N–H and O–H groups in total. The fraction of sp³-hybridized carbons (Fsp3) is 0.353. The molecule has 1 aliphatic carbocycles. The van der Waals surface area contributed by atoms with Crippen LogP contribution in [0.3, 0.4) is 0 Å². The van der Waals surface area contributed by atoms with Crippen LogP contribution in [0.25, 0.3) is 0 Å². The van der Waals surface area contributed by atoms with Gasteiger partial charge in [-0.3, -0.25) is 4.98 Å². The molecule has 110 valence electrons. The Kier molecular flexibility index (Phi) is 4.42. The summed E-state index contributed by atoms with van der Waals surface area (Å²) in [4.78, 5) is 4.32. The molecular weight excluding hydrogens is 284 g/mol. The maximum atomic E-state index is 6.29. The quantitative estimate of drug-likeness (QED) is 0.879. The zero-order chi connectivity index (χ0) is 14.7. The van der Waals surface area contributed by atoms with Crippen LogP contribution < -0.4 is 10.1 Å². The highest BCUT2D eigenvalue weighted by Crippen LogP contribution is 2.27. The normalized spacial score (nSPS) is 14.2. The first-order valence-corrected chi connectivity index (χ1v) is 7.65. The van der Waals surface area contributed by atoms with Crippen molar-refractivity contribution in [3.63, 3.8) is 0 Å². The molecular formula is C17H19ClN2O. The lowest BCUT2D eigenvalue weighted by atomic mass is 10.2. The summed E-state index contributed by atoms with van der Waals surface area (Å²) in [6.45, 7) is 3.33. The molecule has 21 heavy (non-hydrogen) atoms. The van der Waals surface area contributed by atoms with Gasteiger partial charge in [0.25, 0.3) is 0 Å². The maximum Gasteiger partial charge on any atom is 0.138 e. The smallest absolute Gasteiger partial charge is 0.138 e. The molecule has 3 rings (SSSR count). The van der Waals surface area contributed by atoms with E-state index in [1.165, 1.54) is 18.4 Å². The van der Waals surface area contributed by atoms with Gasteiger partial charge in [0.05, 0.1) is 10.7 Å². The number of nitrogens with zero attached hydrogens (tertiary/aromatic N) is 1. The third-order valence-electron chi connectivity index (χ3n) is 3.65. The van der Waals surface area contributed by atoms with Crippen molar-refractivity contribution in [1.82, 2.24) is 10.3 Å². The van der Waals surface area contributed by atoms with E-state index in [0.29, 0.717) is 23.4 Å². The third-order valence-corrected chi connectivity index (χ3v) is 3.95. The Balaban J connectivity index is 1.61. The Morgan fingerprint density at radius 3 is 2.90 bits per heavy atom. The number of ether oxygens (including phenoxy) is 1. The Hall–Kier alpha value is -1.58. The van der Waals surface area contributed by atoms with Gasteiger partial charge in [0.2, 0.25) is 0 Å². The van der Waals surface area contributed by atoms with E-state index in [9.17, 15) is 0 Å². The molecule has 0 atom stereocenters. The lowest BCUT2D eigenvalue weighted by molar-refractivity contribution is 0.300. The van der Waals surface area contributed by atoms with Crippen LogP contribution in [-0.4, -0.2) is 11.0 Å². The molecule has 2 aromatic rings. The standard InChI is InChI=1S/C17H19ClN2O/c1-12-3-2-8-19-16(12)11-21-17-7-4-13(9-15(17)18)10-20-14-5-6-14/h2-4,7-9,14,20H,5-6,10-11H2,1H3. The van der Waals surface area contributed by atoms with Crippen molar-refractivity contribution in [3.8, 4) is 5.75 Å². The number of aromatic nitrogens is 1. The average molecular weight is 303 g/mol. The summed E-state index contributed by atoms with van der Waals surface area (Å²) in [6.07, 6.45) is 4.36. The van der Waals surface area contributed by atoms with E-state index >= 15 is 0 Å². The molecule has 0 unspecified atom stereocenters. The van der Waals surface area contributed by atoms with E-state index in [4.69, 9.17) is 16.3 Å². The van der Waals surface area contributed by atoms with Gasteiger partial charge < -0.3 is 10.1 Å². The first kappa shape index (κ1) is 14.4. The number of rotatable bonds is 6. The highest BCUT2D eigenvalue weighted by molar-refractivity contribution is 6.32.